The van der Waals surface area contributed by atoms with Crippen LogP contribution in [-0.4, -0.2) is 54.1 Å². The largest absolute Gasteiger partial charge is 0.338 e. The van der Waals surface area contributed by atoms with E-state index in [1.165, 1.54) is 19.4 Å². The minimum absolute atomic E-state index is 0.585. The maximum atomic E-state index is 5.80. The Bertz CT molecular complexity index is 362. The van der Waals surface area contributed by atoms with E-state index in [9.17, 15) is 0 Å². The molecule has 0 bridgehead atoms. The number of piperazine rings is 1. The first-order valence-corrected chi connectivity index (χ1v) is 7.32. The maximum Gasteiger partial charge on any atom is 0.225 e. The third kappa shape index (κ3) is 4.60. The van der Waals surface area contributed by atoms with Gasteiger partial charge in [-0.25, -0.2) is 9.97 Å². The Kier molecular flexibility index (Phi) is 5.82. The third-order valence-electron chi connectivity index (χ3n) is 3.44. The first kappa shape index (κ1) is 14.5. The maximum absolute atomic E-state index is 5.80. The van der Waals surface area contributed by atoms with Gasteiger partial charge in [0.25, 0.3) is 0 Å². The predicted octanol–water partition coefficient (Wildman–Crippen LogP) is 1.38. The van der Waals surface area contributed by atoms with Gasteiger partial charge >= 0.3 is 0 Å². The summed E-state index contributed by atoms with van der Waals surface area (Å²) in [5, 5.41) is 0.585. The zero-order valence-corrected chi connectivity index (χ0v) is 12.0. The number of unbranched alkanes of at least 4 members (excludes halogenated alkanes) is 2. The molecule has 5 nitrogen and oxygen atoms in total. The van der Waals surface area contributed by atoms with Gasteiger partial charge in [0, 0.05) is 26.2 Å². The summed E-state index contributed by atoms with van der Waals surface area (Å²) in [6, 6.07) is 0. The lowest BCUT2D eigenvalue weighted by Crippen LogP contribution is -2.47. The number of hydrogen-bond donors (Lipinski definition) is 1. The van der Waals surface area contributed by atoms with Crippen molar-refractivity contribution in [3.63, 3.8) is 0 Å². The molecule has 0 atom stereocenters. The minimum atomic E-state index is 0.585. The van der Waals surface area contributed by atoms with Crippen LogP contribution in [0.2, 0.25) is 5.02 Å². The molecule has 106 valence electrons. The molecule has 0 amide bonds. The van der Waals surface area contributed by atoms with Crippen LogP contribution in [0.15, 0.2) is 12.4 Å². The first-order chi connectivity index (χ1) is 9.29. The second kappa shape index (κ2) is 7.62. The molecule has 0 saturated carbocycles. The van der Waals surface area contributed by atoms with E-state index in [0.717, 1.165) is 45.1 Å². The standard InChI is InChI=1S/C13H22ClN5/c14-12-10-16-13(17-11-12)19-8-6-18(7-9-19)5-3-1-2-4-15/h10-11H,1-9,15H2. The number of nitrogens with zero attached hydrogens (tertiary/aromatic N) is 4. The van der Waals surface area contributed by atoms with Crippen molar-refractivity contribution in [2.24, 2.45) is 5.73 Å². The molecule has 1 aliphatic heterocycles. The van der Waals surface area contributed by atoms with E-state index in [-0.39, 0.29) is 0 Å². The van der Waals surface area contributed by atoms with E-state index in [2.05, 4.69) is 19.8 Å². The SMILES string of the molecule is NCCCCCN1CCN(c2ncc(Cl)cn2)CC1. The van der Waals surface area contributed by atoms with Crippen LogP contribution in [0, 0.1) is 0 Å². The van der Waals surface area contributed by atoms with E-state index < -0.39 is 0 Å². The molecule has 2 heterocycles. The summed E-state index contributed by atoms with van der Waals surface area (Å²) in [4.78, 5) is 13.2. The van der Waals surface area contributed by atoms with Gasteiger partial charge < -0.3 is 10.6 Å². The quantitative estimate of drug-likeness (QED) is 0.800. The average Bonchev–Trinajstić information content (AvgIpc) is 2.45. The Hall–Kier alpha value is -0.910. The Morgan fingerprint density at radius 2 is 1.74 bits per heavy atom. The number of halogens is 1. The summed E-state index contributed by atoms with van der Waals surface area (Å²) in [6.07, 6.45) is 6.93. The number of nitrogens with two attached hydrogens (primary N) is 1. The minimum Gasteiger partial charge on any atom is -0.338 e. The predicted molar refractivity (Wildman–Crippen MR) is 78.6 cm³/mol. The van der Waals surface area contributed by atoms with Crippen LogP contribution < -0.4 is 10.6 Å². The smallest absolute Gasteiger partial charge is 0.225 e. The molecule has 0 aromatic carbocycles. The van der Waals surface area contributed by atoms with Gasteiger partial charge in [-0.15, -0.1) is 0 Å². The van der Waals surface area contributed by atoms with Gasteiger partial charge in [-0.2, -0.15) is 0 Å². The van der Waals surface area contributed by atoms with Crippen molar-refractivity contribution < 1.29 is 0 Å². The Morgan fingerprint density at radius 3 is 2.37 bits per heavy atom. The second-order valence-electron chi connectivity index (χ2n) is 4.88. The third-order valence-corrected chi connectivity index (χ3v) is 3.64. The molecule has 6 heteroatoms. The molecule has 1 aliphatic rings. The molecule has 1 fully saturated rings. The van der Waals surface area contributed by atoms with Crippen molar-refractivity contribution in [3.8, 4) is 0 Å². The summed E-state index contributed by atoms with van der Waals surface area (Å²) in [6.45, 7) is 6.11. The number of aromatic nitrogens is 2. The normalized spacial score (nSPS) is 16.8. The molecule has 0 aliphatic carbocycles. The summed E-state index contributed by atoms with van der Waals surface area (Å²) < 4.78 is 0. The van der Waals surface area contributed by atoms with Crippen LogP contribution >= 0.6 is 11.6 Å². The molecular formula is C13H22ClN5. The van der Waals surface area contributed by atoms with Crippen LogP contribution in [0.25, 0.3) is 0 Å². The lowest BCUT2D eigenvalue weighted by Gasteiger charge is -2.34. The molecule has 1 aromatic rings. The van der Waals surface area contributed by atoms with Gasteiger partial charge in [-0.05, 0) is 25.9 Å². The van der Waals surface area contributed by atoms with Crippen molar-refractivity contribution in [1.82, 2.24) is 14.9 Å². The van der Waals surface area contributed by atoms with E-state index in [0.29, 0.717) is 5.02 Å². The fraction of sp³-hybridized carbons (Fsp3) is 0.692. The van der Waals surface area contributed by atoms with Crippen LogP contribution in [0.3, 0.4) is 0 Å². The van der Waals surface area contributed by atoms with Gasteiger partial charge in [0.1, 0.15) is 0 Å². The van der Waals surface area contributed by atoms with Crippen LogP contribution in [0.5, 0.6) is 0 Å². The first-order valence-electron chi connectivity index (χ1n) is 6.94. The van der Waals surface area contributed by atoms with Gasteiger partial charge in [0.15, 0.2) is 0 Å². The van der Waals surface area contributed by atoms with Gasteiger partial charge in [-0.1, -0.05) is 18.0 Å². The molecule has 1 aromatic heterocycles. The Morgan fingerprint density at radius 1 is 1.05 bits per heavy atom. The summed E-state index contributed by atoms with van der Waals surface area (Å²) in [5.74, 6) is 0.784. The zero-order chi connectivity index (χ0) is 13.5. The highest BCUT2D eigenvalue weighted by Gasteiger charge is 2.18. The van der Waals surface area contributed by atoms with E-state index in [1.807, 2.05) is 0 Å². The van der Waals surface area contributed by atoms with Gasteiger partial charge in [-0.3, -0.25) is 4.90 Å². The molecule has 2 rings (SSSR count). The van der Waals surface area contributed by atoms with Crippen LogP contribution in [0.4, 0.5) is 5.95 Å². The Labute approximate surface area is 119 Å². The Balaban J connectivity index is 1.71. The fourth-order valence-electron chi connectivity index (χ4n) is 2.30. The van der Waals surface area contributed by atoms with Crippen molar-refractivity contribution in [3.05, 3.63) is 17.4 Å². The lowest BCUT2D eigenvalue weighted by atomic mass is 10.2. The molecular weight excluding hydrogens is 262 g/mol. The van der Waals surface area contributed by atoms with Crippen molar-refractivity contribution in [1.29, 1.82) is 0 Å². The number of hydrogen-bond acceptors (Lipinski definition) is 5. The van der Waals surface area contributed by atoms with Crippen LogP contribution in [0.1, 0.15) is 19.3 Å². The zero-order valence-electron chi connectivity index (χ0n) is 11.3. The van der Waals surface area contributed by atoms with Crippen LogP contribution in [-0.2, 0) is 0 Å². The molecule has 2 N–H and O–H groups in total. The van der Waals surface area contributed by atoms with Gasteiger partial charge in [0.2, 0.25) is 5.95 Å². The summed E-state index contributed by atoms with van der Waals surface area (Å²) in [5.41, 5.74) is 5.50. The highest BCUT2D eigenvalue weighted by atomic mass is 35.5. The number of anilines is 1. The van der Waals surface area contributed by atoms with E-state index in [4.69, 9.17) is 17.3 Å². The molecule has 0 spiro atoms. The second-order valence-corrected chi connectivity index (χ2v) is 5.32. The van der Waals surface area contributed by atoms with Crippen molar-refractivity contribution in [2.75, 3.05) is 44.2 Å². The van der Waals surface area contributed by atoms with E-state index in [1.54, 1.807) is 12.4 Å². The summed E-state index contributed by atoms with van der Waals surface area (Å²) in [7, 11) is 0. The topological polar surface area (TPSA) is 58.3 Å². The highest BCUT2D eigenvalue weighted by Crippen LogP contribution is 2.13. The number of rotatable bonds is 6. The van der Waals surface area contributed by atoms with Crippen molar-refractivity contribution >= 4 is 17.5 Å². The molecule has 1 saturated heterocycles. The monoisotopic (exact) mass is 283 g/mol. The molecule has 19 heavy (non-hydrogen) atoms. The molecule has 0 radical (unpaired) electrons. The fourth-order valence-corrected chi connectivity index (χ4v) is 2.39. The average molecular weight is 284 g/mol. The van der Waals surface area contributed by atoms with E-state index >= 15 is 0 Å². The van der Waals surface area contributed by atoms with Crippen molar-refractivity contribution in [2.45, 2.75) is 19.3 Å². The summed E-state index contributed by atoms with van der Waals surface area (Å²) >= 11 is 5.80. The lowest BCUT2D eigenvalue weighted by molar-refractivity contribution is 0.251. The van der Waals surface area contributed by atoms with Gasteiger partial charge in [0.05, 0.1) is 17.4 Å². The molecule has 0 unspecified atom stereocenters. The highest BCUT2D eigenvalue weighted by molar-refractivity contribution is 6.30.